The fourth-order valence-electron chi connectivity index (χ4n) is 1.47. The molecule has 1 heterocycles. The van der Waals surface area contributed by atoms with Crippen molar-refractivity contribution in [1.29, 1.82) is 0 Å². The molecule has 8 heteroatoms. The molecule has 0 aromatic carbocycles. The first kappa shape index (κ1) is 16.0. The van der Waals surface area contributed by atoms with Crippen LogP contribution >= 0.6 is 0 Å². The van der Waals surface area contributed by atoms with Crippen molar-refractivity contribution in [3.63, 3.8) is 0 Å². The molecule has 1 unspecified atom stereocenters. The van der Waals surface area contributed by atoms with E-state index < -0.39 is 18.1 Å². The molecule has 0 saturated carbocycles. The number of rotatable bonds is 7. The third kappa shape index (κ3) is 5.27. The molecule has 1 rings (SSSR count). The number of aryl methyl sites for hydroxylation is 2. The summed E-state index contributed by atoms with van der Waals surface area (Å²) in [6.45, 7) is 3.88. The van der Waals surface area contributed by atoms with E-state index >= 15 is 0 Å². The van der Waals surface area contributed by atoms with Crippen LogP contribution in [0.2, 0.25) is 0 Å². The highest BCUT2D eigenvalue weighted by Gasteiger charge is 2.13. The molecular weight excluding hydrogens is 266 g/mol. The summed E-state index contributed by atoms with van der Waals surface area (Å²) in [5, 5.41) is 13.7. The van der Waals surface area contributed by atoms with Gasteiger partial charge in [0.2, 0.25) is 5.89 Å². The van der Waals surface area contributed by atoms with E-state index in [0.717, 1.165) is 5.69 Å². The molecular formula is C12H19N3O5. The van der Waals surface area contributed by atoms with Gasteiger partial charge in [-0.15, -0.1) is 0 Å². The van der Waals surface area contributed by atoms with E-state index in [1.807, 2.05) is 6.92 Å². The van der Waals surface area contributed by atoms with Crippen LogP contribution in [0.4, 0.5) is 4.79 Å². The van der Waals surface area contributed by atoms with Crippen LogP contribution < -0.4 is 10.6 Å². The number of hydrogen-bond acceptors (Lipinski definition) is 5. The lowest BCUT2D eigenvalue weighted by Gasteiger charge is -2.14. The first-order valence-electron chi connectivity index (χ1n) is 6.11. The summed E-state index contributed by atoms with van der Waals surface area (Å²) in [6, 6.07) is -0.439. The largest absolute Gasteiger partial charge is 0.481 e. The number of oxazole rings is 1. The van der Waals surface area contributed by atoms with Crippen LogP contribution in [0.5, 0.6) is 0 Å². The number of carboxylic acids is 1. The van der Waals surface area contributed by atoms with Crippen LogP contribution in [0.15, 0.2) is 4.42 Å². The van der Waals surface area contributed by atoms with Crippen LogP contribution in [0.1, 0.15) is 23.8 Å². The van der Waals surface area contributed by atoms with E-state index in [4.69, 9.17) is 14.3 Å². The molecule has 0 radical (unpaired) electrons. The minimum Gasteiger partial charge on any atom is -0.481 e. The number of carboxylic acid groups (broad SMARTS) is 1. The van der Waals surface area contributed by atoms with Crippen LogP contribution in [-0.4, -0.2) is 41.8 Å². The summed E-state index contributed by atoms with van der Waals surface area (Å²) in [4.78, 5) is 26.2. The van der Waals surface area contributed by atoms with Crippen molar-refractivity contribution < 1.29 is 23.8 Å². The van der Waals surface area contributed by atoms with Gasteiger partial charge in [-0.1, -0.05) is 0 Å². The van der Waals surface area contributed by atoms with E-state index in [2.05, 4.69) is 15.6 Å². The predicted molar refractivity (Wildman–Crippen MR) is 69.3 cm³/mol. The third-order valence-corrected chi connectivity index (χ3v) is 2.70. The van der Waals surface area contributed by atoms with Crippen LogP contribution in [0.25, 0.3) is 0 Å². The molecule has 3 N–H and O–H groups in total. The number of methoxy groups -OCH3 is 1. The van der Waals surface area contributed by atoms with Gasteiger partial charge in [0, 0.05) is 13.7 Å². The number of ether oxygens (including phenoxy) is 1. The van der Waals surface area contributed by atoms with Crippen molar-refractivity contribution >= 4 is 12.0 Å². The van der Waals surface area contributed by atoms with Gasteiger partial charge in [0.05, 0.1) is 24.8 Å². The van der Waals surface area contributed by atoms with E-state index in [0.29, 0.717) is 11.7 Å². The Bertz CT molecular complexity index is 452. The van der Waals surface area contributed by atoms with Gasteiger partial charge in [0.1, 0.15) is 5.76 Å². The Balaban J connectivity index is 2.31. The molecule has 0 saturated heterocycles. The van der Waals surface area contributed by atoms with Gasteiger partial charge in [-0.2, -0.15) is 0 Å². The Morgan fingerprint density at radius 3 is 2.60 bits per heavy atom. The number of nitrogens with zero attached hydrogens (tertiary/aromatic N) is 1. The first-order valence-corrected chi connectivity index (χ1v) is 6.11. The van der Waals surface area contributed by atoms with Crippen molar-refractivity contribution in [2.24, 2.45) is 0 Å². The zero-order valence-corrected chi connectivity index (χ0v) is 11.7. The van der Waals surface area contributed by atoms with Gasteiger partial charge in [-0.3, -0.25) is 4.79 Å². The summed E-state index contributed by atoms with van der Waals surface area (Å²) in [5.41, 5.74) is 0.781. The van der Waals surface area contributed by atoms with Gasteiger partial charge in [-0.25, -0.2) is 9.78 Å². The lowest BCUT2D eigenvalue weighted by molar-refractivity contribution is -0.139. The summed E-state index contributed by atoms with van der Waals surface area (Å²) < 4.78 is 10.2. The maximum Gasteiger partial charge on any atom is 0.315 e. The second-order valence-corrected chi connectivity index (χ2v) is 4.27. The molecule has 112 valence electrons. The average Bonchev–Trinajstić information content (AvgIpc) is 2.71. The summed E-state index contributed by atoms with van der Waals surface area (Å²) >= 11 is 0. The maximum absolute atomic E-state index is 11.5. The van der Waals surface area contributed by atoms with Gasteiger partial charge < -0.3 is 24.9 Å². The first-order chi connectivity index (χ1) is 9.42. The monoisotopic (exact) mass is 285 g/mol. The van der Waals surface area contributed by atoms with Gasteiger partial charge >= 0.3 is 12.0 Å². The molecule has 0 bridgehead atoms. The maximum atomic E-state index is 11.5. The normalized spacial score (nSPS) is 11.9. The van der Waals surface area contributed by atoms with Crippen molar-refractivity contribution in [3.8, 4) is 0 Å². The highest BCUT2D eigenvalue weighted by atomic mass is 16.5. The highest BCUT2D eigenvalue weighted by Crippen LogP contribution is 2.07. The lowest BCUT2D eigenvalue weighted by Crippen LogP contribution is -2.40. The van der Waals surface area contributed by atoms with Crippen molar-refractivity contribution in [1.82, 2.24) is 15.6 Å². The molecule has 0 spiro atoms. The Kier molecular flexibility index (Phi) is 5.98. The van der Waals surface area contributed by atoms with Gasteiger partial charge in [0.25, 0.3) is 0 Å². The number of carbonyl (C=O) groups excluding carboxylic acids is 1. The minimum absolute atomic E-state index is 0.109. The molecule has 1 atom stereocenters. The fourth-order valence-corrected chi connectivity index (χ4v) is 1.47. The van der Waals surface area contributed by atoms with E-state index in [1.54, 1.807) is 6.92 Å². The molecule has 20 heavy (non-hydrogen) atoms. The van der Waals surface area contributed by atoms with Crippen molar-refractivity contribution in [2.75, 3.05) is 13.7 Å². The number of nitrogens with one attached hydrogen (secondary N) is 2. The lowest BCUT2D eigenvalue weighted by atomic mass is 10.2. The smallest absolute Gasteiger partial charge is 0.315 e. The number of aromatic nitrogens is 1. The van der Waals surface area contributed by atoms with Crippen LogP contribution in [0, 0.1) is 13.8 Å². The zero-order valence-electron chi connectivity index (χ0n) is 11.7. The quantitative estimate of drug-likeness (QED) is 0.675. The van der Waals surface area contributed by atoms with E-state index in [1.165, 1.54) is 7.11 Å². The SMILES string of the molecule is COC(CNC(=O)NCc1nc(C)c(C)o1)CC(=O)O. The molecule has 0 aliphatic heterocycles. The number of urea groups is 1. The highest BCUT2D eigenvalue weighted by molar-refractivity contribution is 5.74. The van der Waals surface area contributed by atoms with Crippen molar-refractivity contribution in [3.05, 3.63) is 17.3 Å². The van der Waals surface area contributed by atoms with Gasteiger partial charge in [-0.05, 0) is 13.8 Å². The number of hydrogen-bond donors (Lipinski definition) is 3. The number of aliphatic carboxylic acids is 1. The van der Waals surface area contributed by atoms with E-state index in [-0.39, 0.29) is 19.5 Å². The summed E-state index contributed by atoms with van der Waals surface area (Å²) in [6.07, 6.45) is -0.737. The molecule has 8 nitrogen and oxygen atoms in total. The average molecular weight is 285 g/mol. The summed E-state index contributed by atoms with van der Waals surface area (Å²) in [5.74, 6) is 0.150. The standard InChI is InChI=1S/C12H19N3O5/c1-7-8(2)20-10(15-7)6-14-12(18)13-5-9(19-3)4-11(16)17/h9H,4-6H2,1-3H3,(H,16,17)(H2,13,14,18). The molecule has 1 aromatic rings. The third-order valence-electron chi connectivity index (χ3n) is 2.70. The fraction of sp³-hybridized carbons (Fsp3) is 0.583. The zero-order chi connectivity index (χ0) is 15.1. The van der Waals surface area contributed by atoms with E-state index in [9.17, 15) is 9.59 Å². The molecule has 0 fully saturated rings. The Morgan fingerprint density at radius 2 is 2.10 bits per heavy atom. The number of carbonyl (C=O) groups is 2. The Labute approximate surface area is 116 Å². The van der Waals surface area contributed by atoms with Crippen molar-refractivity contribution in [2.45, 2.75) is 32.9 Å². The van der Waals surface area contributed by atoms with Crippen LogP contribution in [0.3, 0.4) is 0 Å². The molecule has 1 aromatic heterocycles. The molecule has 2 amide bonds. The second kappa shape index (κ2) is 7.49. The summed E-state index contributed by atoms with van der Waals surface area (Å²) in [7, 11) is 1.39. The van der Waals surface area contributed by atoms with Gasteiger partial charge in [0.15, 0.2) is 0 Å². The molecule has 0 aliphatic carbocycles. The van der Waals surface area contributed by atoms with Crippen LogP contribution in [-0.2, 0) is 16.1 Å². The second-order valence-electron chi connectivity index (χ2n) is 4.27. The molecule has 0 aliphatic rings. The number of amides is 2. The Morgan fingerprint density at radius 1 is 1.40 bits per heavy atom. The topological polar surface area (TPSA) is 114 Å². The predicted octanol–water partition coefficient (Wildman–Crippen LogP) is 0.580. The Hall–Kier alpha value is -2.09. The minimum atomic E-state index is -0.982.